The Labute approximate surface area is 139 Å². The molecule has 0 radical (unpaired) electrons. The zero-order valence-electron chi connectivity index (χ0n) is 13.6. The van der Waals surface area contributed by atoms with E-state index in [0.29, 0.717) is 11.7 Å². The average Bonchev–Trinajstić information content (AvgIpc) is 3.27. The van der Waals surface area contributed by atoms with Gasteiger partial charge in [-0.15, -0.1) is 0 Å². The Kier molecular flexibility index (Phi) is 4.00. The number of hydrogen-bond acceptors (Lipinski definition) is 7. The summed E-state index contributed by atoms with van der Waals surface area (Å²) in [5.74, 6) is 3.00. The molecule has 4 heterocycles. The minimum absolute atomic E-state index is 0.547. The summed E-state index contributed by atoms with van der Waals surface area (Å²) >= 11 is 0. The van der Waals surface area contributed by atoms with Crippen molar-refractivity contribution in [2.24, 2.45) is 0 Å². The van der Waals surface area contributed by atoms with Crippen molar-refractivity contribution < 1.29 is 8.83 Å². The lowest BCUT2D eigenvalue weighted by Gasteiger charge is -2.34. The summed E-state index contributed by atoms with van der Waals surface area (Å²) in [5, 5.41) is 0. The number of oxazole rings is 1. The highest BCUT2D eigenvalue weighted by Gasteiger charge is 2.21. The first-order chi connectivity index (χ1) is 11.8. The van der Waals surface area contributed by atoms with Crippen molar-refractivity contribution in [3.63, 3.8) is 0 Å². The fourth-order valence-corrected chi connectivity index (χ4v) is 2.88. The zero-order valence-corrected chi connectivity index (χ0v) is 13.6. The van der Waals surface area contributed by atoms with E-state index in [4.69, 9.17) is 8.83 Å². The van der Waals surface area contributed by atoms with Crippen LogP contribution in [-0.4, -0.2) is 46.0 Å². The lowest BCUT2D eigenvalue weighted by atomic mass is 10.2. The van der Waals surface area contributed by atoms with Crippen molar-refractivity contribution in [2.75, 3.05) is 31.1 Å². The monoisotopic (exact) mass is 325 g/mol. The number of piperazine rings is 1. The third-order valence-electron chi connectivity index (χ3n) is 4.24. The van der Waals surface area contributed by atoms with Crippen LogP contribution in [0.25, 0.3) is 11.7 Å². The van der Waals surface area contributed by atoms with Crippen LogP contribution in [0, 0.1) is 6.92 Å². The van der Waals surface area contributed by atoms with Gasteiger partial charge in [0, 0.05) is 45.1 Å². The van der Waals surface area contributed by atoms with Crippen molar-refractivity contribution in [1.29, 1.82) is 0 Å². The smallest absolute Gasteiger partial charge is 0.263 e. The maximum absolute atomic E-state index is 5.73. The molecule has 0 bridgehead atoms. The third-order valence-corrected chi connectivity index (χ3v) is 4.24. The summed E-state index contributed by atoms with van der Waals surface area (Å²) < 4.78 is 11.1. The molecule has 3 aromatic rings. The van der Waals surface area contributed by atoms with Crippen molar-refractivity contribution in [1.82, 2.24) is 19.9 Å². The third kappa shape index (κ3) is 3.03. The first-order valence-electron chi connectivity index (χ1n) is 8.03. The van der Waals surface area contributed by atoms with Crippen LogP contribution in [0.4, 0.5) is 5.82 Å². The molecule has 7 nitrogen and oxygen atoms in total. The Morgan fingerprint density at radius 2 is 2.04 bits per heavy atom. The van der Waals surface area contributed by atoms with E-state index in [9.17, 15) is 0 Å². The molecule has 1 fully saturated rings. The minimum atomic E-state index is 0.547. The van der Waals surface area contributed by atoms with Crippen molar-refractivity contribution in [3.05, 3.63) is 48.4 Å². The van der Waals surface area contributed by atoms with Gasteiger partial charge in [0.25, 0.3) is 5.89 Å². The number of anilines is 1. The predicted octanol–water partition coefficient (Wildman–Crippen LogP) is 2.36. The van der Waals surface area contributed by atoms with E-state index in [-0.39, 0.29) is 0 Å². The number of nitrogens with zero attached hydrogens (tertiary/aromatic N) is 5. The molecule has 0 saturated carbocycles. The predicted molar refractivity (Wildman–Crippen MR) is 88.5 cm³/mol. The quantitative estimate of drug-likeness (QED) is 0.729. The molecule has 0 N–H and O–H groups in total. The highest BCUT2D eigenvalue weighted by atomic mass is 16.4. The summed E-state index contributed by atoms with van der Waals surface area (Å²) in [7, 11) is 0. The Morgan fingerprint density at radius 1 is 1.17 bits per heavy atom. The van der Waals surface area contributed by atoms with Crippen LogP contribution < -0.4 is 4.90 Å². The molecule has 4 rings (SSSR count). The van der Waals surface area contributed by atoms with Crippen molar-refractivity contribution in [2.45, 2.75) is 13.5 Å². The van der Waals surface area contributed by atoms with Gasteiger partial charge >= 0.3 is 0 Å². The molecule has 1 aliphatic heterocycles. The molecular formula is C17H19N5O2. The van der Waals surface area contributed by atoms with E-state index < -0.39 is 0 Å². The molecule has 1 aliphatic rings. The van der Waals surface area contributed by atoms with E-state index >= 15 is 0 Å². The summed E-state index contributed by atoms with van der Waals surface area (Å²) in [6.45, 7) is 6.51. The highest BCUT2D eigenvalue weighted by molar-refractivity contribution is 5.44. The van der Waals surface area contributed by atoms with Gasteiger partial charge < -0.3 is 13.7 Å². The second-order valence-corrected chi connectivity index (χ2v) is 5.83. The molecule has 124 valence electrons. The molecular weight excluding hydrogens is 306 g/mol. The van der Waals surface area contributed by atoms with Gasteiger partial charge in [-0.3, -0.25) is 9.88 Å². The molecule has 0 spiro atoms. The summed E-state index contributed by atoms with van der Waals surface area (Å²) in [6.07, 6.45) is 6.87. The van der Waals surface area contributed by atoms with Crippen molar-refractivity contribution in [3.8, 4) is 11.7 Å². The van der Waals surface area contributed by atoms with E-state index in [2.05, 4.69) is 24.8 Å². The summed E-state index contributed by atoms with van der Waals surface area (Å²) in [6, 6.07) is 3.69. The Hall–Kier alpha value is -2.67. The summed E-state index contributed by atoms with van der Waals surface area (Å²) in [4.78, 5) is 17.7. The van der Waals surface area contributed by atoms with Gasteiger partial charge in [0.1, 0.15) is 11.6 Å². The molecule has 7 heteroatoms. The van der Waals surface area contributed by atoms with Crippen LogP contribution in [0.5, 0.6) is 0 Å². The molecule has 0 aromatic carbocycles. The number of aromatic nitrogens is 3. The van der Waals surface area contributed by atoms with Crippen LogP contribution in [0.1, 0.15) is 11.5 Å². The van der Waals surface area contributed by atoms with Gasteiger partial charge in [0.2, 0.25) is 0 Å². The van der Waals surface area contributed by atoms with Crippen LogP contribution in [-0.2, 0) is 6.54 Å². The SMILES string of the molecule is Cc1oc(-c2ccco2)nc1CN1CCN(c2cnccn2)CC1. The number of hydrogen-bond donors (Lipinski definition) is 0. The lowest BCUT2D eigenvalue weighted by Crippen LogP contribution is -2.46. The minimum Gasteiger partial charge on any atom is -0.459 e. The highest BCUT2D eigenvalue weighted by Crippen LogP contribution is 2.23. The molecule has 0 unspecified atom stereocenters. The van der Waals surface area contributed by atoms with Crippen LogP contribution in [0.2, 0.25) is 0 Å². The van der Waals surface area contributed by atoms with Crippen molar-refractivity contribution >= 4 is 5.82 Å². The fourth-order valence-electron chi connectivity index (χ4n) is 2.88. The Bertz CT molecular complexity index is 777. The second kappa shape index (κ2) is 6.45. The topological polar surface area (TPSA) is 71.4 Å². The molecule has 3 aromatic heterocycles. The normalized spacial score (nSPS) is 15.8. The second-order valence-electron chi connectivity index (χ2n) is 5.83. The van der Waals surface area contributed by atoms with E-state index in [0.717, 1.165) is 50.0 Å². The van der Waals surface area contributed by atoms with Gasteiger partial charge in [-0.25, -0.2) is 9.97 Å². The first kappa shape index (κ1) is 14.9. The van der Waals surface area contributed by atoms with Crippen LogP contribution >= 0.6 is 0 Å². The van der Waals surface area contributed by atoms with Gasteiger partial charge in [-0.05, 0) is 19.1 Å². The van der Waals surface area contributed by atoms with Gasteiger partial charge in [-0.2, -0.15) is 0 Å². The first-order valence-corrected chi connectivity index (χ1v) is 8.03. The Morgan fingerprint density at radius 3 is 2.75 bits per heavy atom. The number of rotatable bonds is 4. The lowest BCUT2D eigenvalue weighted by molar-refractivity contribution is 0.245. The van der Waals surface area contributed by atoms with E-state index in [1.54, 1.807) is 18.7 Å². The zero-order chi connectivity index (χ0) is 16.4. The standard InChI is InChI=1S/C17H19N5O2/c1-13-14(20-17(24-13)15-3-2-10-23-15)12-21-6-8-22(9-7-21)16-11-18-4-5-19-16/h2-5,10-11H,6-9,12H2,1H3. The van der Waals surface area contributed by atoms with Gasteiger partial charge in [0.05, 0.1) is 18.2 Å². The number of aryl methyl sites for hydroxylation is 1. The molecule has 0 atom stereocenters. The van der Waals surface area contributed by atoms with Gasteiger partial charge in [-0.1, -0.05) is 0 Å². The fraction of sp³-hybridized carbons (Fsp3) is 0.353. The maximum Gasteiger partial charge on any atom is 0.263 e. The molecule has 0 aliphatic carbocycles. The van der Waals surface area contributed by atoms with Crippen LogP contribution in [0.15, 0.2) is 45.8 Å². The molecule has 0 amide bonds. The van der Waals surface area contributed by atoms with Gasteiger partial charge in [0.15, 0.2) is 5.76 Å². The van der Waals surface area contributed by atoms with E-state index in [1.807, 2.05) is 25.3 Å². The summed E-state index contributed by atoms with van der Waals surface area (Å²) in [5.41, 5.74) is 0.967. The Balaban J connectivity index is 1.39. The largest absolute Gasteiger partial charge is 0.459 e. The number of furan rings is 1. The molecule has 24 heavy (non-hydrogen) atoms. The average molecular weight is 325 g/mol. The van der Waals surface area contributed by atoms with E-state index in [1.165, 1.54) is 0 Å². The maximum atomic E-state index is 5.73. The molecule has 1 saturated heterocycles. The van der Waals surface area contributed by atoms with Crippen LogP contribution in [0.3, 0.4) is 0 Å².